The van der Waals surface area contributed by atoms with Crippen LogP contribution in [0, 0.1) is 17.7 Å². The third-order valence-corrected chi connectivity index (χ3v) is 9.15. The Hall–Kier alpha value is -4.69. The molecule has 262 valence electrons. The number of imide groups is 1. The number of anilines is 1. The summed E-state index contributed by atoms with van der Waals surface area (Å²) in [5.41, 5.74) is -0.783. The number of carbonyl (C=O) groups excluding carboxylic acids is 5. The molecule has 2 atom stereocenters. The molecule has 0 bridgehead atoms. The second-order valence-corrected chi connectivity index (χ2v) is 14.0. The number of halogens is 4. The Morgan fingerprint density at radius 2 is 1.73 bits per heavy atom. The molecule has 4 aliphatic rings. The number of alkyl halides is 3. The number of likely N-dealkylation sites (tertiary alicyclic amines) is 1. The standard InChI is InChI=1S/C34H36F4N4O7/c1-32(2,3)48-30(46)40-16-22(17-40)28(44)39-24-10-11-25-21(14-24)12-13-33(25)29(45)42(31(47)49-33)18-26(43)41(15-19-4-8-23(35)9-5-19)27(20-6-7-20)34(36,37)38/h4-5,8-11,14,20,22,27H,6-7,12-13,15-18H2,1-3H3,(H,39,44)/t27-,33?/m1/s1. The van der Waals surface area contributed by atoms with Gasteiger partial charge in [-0.05, 0) is 81.3 Å². The van der Waals surface area contributed by atoms with Crippen LogP contribution in [0.3, 0.4) is 0 Å². The summed E-state index contributed by atoms with van der Waals surface area (Å²) in [7, 11) is 0. The first-order chi connectivity index (χ1) is 22.9. The fraction of sp³-hybridized carbons (Fsp3) is 0.500. The van der Waals surface area contributed by atoms with Gasteiger partial charge in [-0.1, -0.05) is 18.2 Å². The maximum Gasteiger partial charge on any atom is 0.418 e. The second kappa shape index (κ2) is 12.3. The number of carbonyl (C=O) groups is 5. The van der Waals surface area contributed by atoms with Gasteiger partial charge in [-0.3, -0.25) is 14.4 Å². The molecular formula is C34H36F4N4O7. The Kier molecular flexibility index (Phi) is 8.60. The highest BCUT2D eigenvalue weighted by Crippen LogP contribution is 2.47. The lowest BCUT2D eigenvalue weighted by atomic mass is 9.94. The summed E-state index contributed by atoms with van der Waals surface area (Å²) in [5.74, 6) is -4.15. The van der Waals surface area contributed by atoms with Gasteiger partial charge in [0, 0.05) is 37.3 Å². The Bertz CT molecular complexity index is 1680. The fourth-order valence-electron chi connectivity index (χ4n) is 6.56. The van der Waals surface area contributed by atoms with Crippen LogP contribution >= 0.6 is 0 Å². The van der Waals surface area contributed by atoms with Crippen molar-refractivity contribution >= 4 is 35.6 Å². The van der Waals surface area contributed by atoms with E-state index in [1.807, 2.05) is 0 Å². The number of aryl methyl sites for hydroxylation is 1. The predicted octanol–water partition coefficient (Wildman–Crippen LogP) is 5.12. The van der Waals surface area contributed by atoms with Crippen molar-refractivity contribution < 1.29 is 51.0 Å². The zero-order chi connectivity index (χ0) is 35.5. The third-order valence-electron chi connectivity index (χ3n) is 9.15. The first-order valence-electron chi connectivity index (χ1n) is 16.0. The van der Waals surface area contributed by atoms with Crippen LogP contribution in [0.4, 0.5) is 32.8 Å². The Labute approximate surface area is 279 Å². The Balaban J connectivity index is 1.14. The van der Waals surface area contributed by atoms with E-state index < -0.39 is 78.2 Å². The Morgan fingerprint density at radius 3 is 2.35 bits per heavy atom. The van der Waals surface area contributed by atoms with Crippen molar-refractivity contribution in [3.63, 3.8) is 0 Å². The van der Waals surface area contributed by atoms with Crippen LogP contribution in [0.25, 0.3) is 0 Å². The molecule has 49 heavy (non-hydrogen) atoms. The number of nitrogens with zero attached hydrogens (tertiary/aromatic N) is 3. The van der Waals surface area contributed by atoms with Gasteiger partial charge < -0.3 is 24.6 Å². The number of fused-ring (bicyclic) bond motifs is 2. The molecule has 15 heteroatoms. The van der Waals surface area contributed by atoms with Crippen LogP contribution in [0.15, 0.2) is 42.5 Å². The molecule has 3 fully saturated rings. The third kappa shape index (κ3) is 6.92. The van der Waals surface area contributed by atoms with Crippen LogP contribution in [-0.4, -0.2) is 82.1 Å². The first-order valence-corrected chi connectivity index (χ1v) is 16.0. The fourth-order valence-corrected chi connectivity index (χ4v) is 6.56. The first kappa shape index (κ1) is 34.2. The van der Waals surface area contributed by atoms with Crippen molar-refractivity contribution in [3.8, 4) is 0 Å². The van der Waals surface area contributed by atoms with E-state index >= 15 is 0 Å². The van der Waals surface area contributed by atoms with E-state index in [1.165, 1.54) is 29.2 Å². The molecule has 5 amide bonds. The minimum Gasteiger partial charge on any atom is -0.444 e. The Morgan fingerprint density at radius 1 is 1.06 bits per heavy atom. The van der Waals surface area contributed by atoms with E-state index in [9.17, 15) is 41.5 Å². The lowest BCUT2D eigenvalue weighted by molar-refractivity contribution is -0.196. The smallest absolute Gasteiger partial charge is 0.418 e. The molecule has 1 spiro atoms. The largest absolute Gasteiger partial charge is 0.444 e. The molecule has 2 aromatic rings. The van der Waals surface area contributed by atoms with Crippen molar-refractivity contribution in [1.29, 1.82) is 0 Å². The SMILES string of the molecule is CC(C)(C)OC(=O)N1CC(C(=O)Nc2ccc3c(c2)CCC32OC(=O)N(CC(=O)N(Cc3ccc(F)cc3)[C@H](C3CC3)C(F)(F)F)C2=O)C1. The molecular weight excluding hydrogens is 652 g/mol. The molecule has 1 saturated carbocycles. The number of benzene rings is 2. The molecule has 2 aromatic carbocycles. The summed E-state index contributed by atoms with van der Waals surface area (Å²) in [5, 5.41) is 2.80. The second-order valence-electron chi connectivity index (χ2n) is 14.0. The number of ether oxygens (including phenoxy) is 2. The van der Waals surface area contributed by atoms with Crippen molar-refractivity contribution in [2.24, 2.45) is 11.8 Å². The zero-order valence-electron chi connectivity index (χ0n) is 27.1. The molecule has 2 heterocycles. The van der Waals surface area contributed by atoms with Gasteiger partial charge in [-0.15, -0.1) is 0 Å². The quantitative estimate of drug-likeness (QED) is 0.382. The van der Waals surface area contributed by atoms with Gasteiger partial charge in [0.25, 0.3) is 5.91 Å². The van der Waals surface area contributed by atoms with Gasteiger partial charge in [-0.2, -0.15) is 13.2 Å². The highest BCUT2D eigenvalue weighted by molar-refractivity contribution is 6.06. The highest BCUT2D eigenvalue weighted by atomic mass is 19.4. The van der Waals surface area contributed by atoms with Crippen molar-refractivity contribution in [2.75, 3.05) is 25.0 Å². The van der Waals surface area contributed by atoms with Gasteiger partial charge in [0.2, 0.25) is 17.4 Å². The summed E-state index contributed by atoms with van der Waals surface area (Å²) in [6, 6.07) is 7.28. The minimum atomic E-state index is -4.78. The van der Waals surface area contributed by atoms with Crippen LogP contribution in [0.1, 0.15) is 56.7 Å². The maximum absolute atomic E-state index is 14.3. The summed E-state index contributed by atoms with van der Waals surface area (Å²) in [4.78, 5) is 68.0. The van der Waals surface area contributed by atoms with Crippen molar-refractivity contribution in [1.82, 2.24) is 14.7 Å². The summed E-state index contributed by atoms with van der Waals surface area (Å²) < 4.78 is 67.2. The molecule has 1 N–H and O–H groups in total. The van der Waals surface area contributed by atoms with Crippen molar-refractivity contribution in [3.05, 3.63) is 65.0 Å². The zero-order valence-corrected chi connectivity index (χ0v) is 27.1. The van der Waals surface area contributed by atoms with Crippen LogP contribution in [0.5, 0.6) is 0 Å². The summed E-state index contributed by atoms with van der Waals surface area (Å²) >= 11 is 0. The van der Waals surface area contributed by atoms with E-state index in [1.54, 1.807) is 26.8 Å². The van der Waals surface area contributed by atoms with Crippen molar-refractivity contribution in [2.45, 2.75) is 76.4 Å². The normalized spacial score (nSPS) is 21.3. The number of nitrogens with one attached hydrogen (secondary N) is 1. The van der Waals surface area contributed by atoms with Gasteiger partial charge in [-0.25, -0.2) is 18.9 Å². The van der Waals surface area contributed by atoms with E-state index in [-0.39, 0.29) is 50.2 Å². The molecule has 0 aromatic heterocycles. The monoisotopic (exact) mass is 688 g/mol. The molecule has 2 saturated heterocycles. The molecule has 0 radical (unpaired) electrons. The molecule has 11 nitrogen and oxygen atoms in total. The van der Waals surface area contributed by atoms with E-state index in [0.29, 0.717) is 26.6 Å². The summed E-state index contributed by atoms with van der Waals surface area (Å²) in [6.07, 6.45) is -5.60. The van der Waals surface area contributed by atoms with Gasteiger partial charge >= 0.3 is 18.4 Å². The van der Waals surface area contributed by atoms with E-state index in [0.717, 1.165) is 12.1 Å². The minimum absolute atomic E-state index is 0.0367. The number of amides is 5. The number of hydrogen-bond acceptors (Lipinski definition) is 7. The lowest BCUT2D eigenvalue weighted by Gasteiger charge is -2.38. The van der Waals surface area contributed by atoms with Crippen LogP contribution < -0.4 is 5.32 Å². The van der Waals surface area contributed by atoms with E-state index in [2.05, 4.69) is 5.32 Å². The molecule has 2 aliphatic heterocycles. The number of hydrogen-bond donors (Lipinski definition) is 1. The topological polar surface area (TPSA) is 126 Å². The highest BCUT2D eigenvalue weighted by Gasteiger charge is 2.59. The molecule has 1 unspecified atom stereocenters. The molecule has 6 rings (SSSR count). The van der Waals surface area contributed by atoms with Gasteiger partial charge in [0.15, 0.2) is 0 Å². The summed E-state index contributed by atoms with van der Waals surface area (Å²) in [6.45, 7) is 4.16. The molecule has 2 aliphatic carbocycles. The van der Waals surface area contributed by atoms with Gasteiger partial charge in [0.1, 0.15) is 24.0 Å². The van der Waals surface area contributed by atoms with Crippen LogP contribution in [0.2, 0.25) is 0 Å². The lowest BCUT2D eigenvalue weighted by Crippen LogP contribution is -2.55. The van der Waals surface area contributed by atoms with E-state index in [4.69, 9.17) is 9.47 Å². The average molecular weight is 689 g/mol. The average Bonchev–Trinajstić information content (AvgIpc) is 3.69. The van der Waals surface area contributed by atoms with Crippen LogP contribution in [-0.2, 0) is 42.4 Å². The van der Waals surface area contributed by atoms with Gasteiger partial charge in [0.05, 0.1) is 5.92 Å². The number of rotatable bonds is 8. The predicted molar refractivity (Wildman–Crippen MR) is 164 cm³/mol. The maximum atomic E-state index is 14.3.